The number of ether oxygens (including phenoxy) is 2. The summed E-state index contributed by atoms with van der Waals surface area (Å²) < 4.78 is 12.4. The molecule has 0 bridgehead atoms. The highest BCUT2D eigenvalue weighted by atomic mass is 79.9. The first-order chi connectivity index (χ1) is 24.2. The van der Waals surface area contributed by atoms with Crippen molar-refractivity contribution < 1.29 is 19.5 Å². The van der Waals surface area contributed by atoms with Crippen LogP contribution in [0.1, 0.15) is 33.4 Å². The summed E-state index contributed by atoms with van der Waals surface area (Å²) in [5, 5.41) is 35.3. The Labute approximate surface area is 302 Å². The molecule has 0 spiro atoms. The van der Waals surface area contributed by atoms with Crippen LogP contribution in [0.4, 0.5) is 0 Å². The van der Waals surface area contributed by atoms with Gasteiger partial charge >= 0.3 is 7.12 Å². The fourth-order valence-corrected chi connectivity index (χ4v) is 4.96. The molecule has 0 aromatic heterocycles. The number of para-hydroxylation sites is 1. The molecular weight excluding hydrogens is 687 g/mol. The number of hydrogen-bond donors (Lipinski definition) is 2. The third-order valence-electron chi connectivity index (χ3n) is 7.48. The molecule has 0 amide bonds. The van der Waals surface area contributed by atoms with Gasteiger partial charge in [0.2, 0.25) is 0 Å². The Balaban J connectivity index is 0.000000182. The fraction of sp³-hybridized carbons (Fsp3) is 0.0952. The molecule has 0 atom stereocenters. The van der Waals surface area contributed by atoms with Crippen molar-refractivity contribution in [2.75, 3.05) is 0 Å². The summed E-state index contributed by atoms with van der Waals surface area (Å²) in [6.45, 7) is 5.05. The molecule has 0 unspecified atom stereocenters. The lowest BCUT2D eigenvalue weighted by Crippen LogP contribution is -2.29. The predicted molar refractivity (Wildman–Crippen MR) is 203 cm³/mol. The van der Waals surface area contributed by atoms with Crippen molar-refractivity contribution in [1.29, 1.82) is 10.5 Å². The van der Waals surface area contributed by atoms with E-state index in [4.69, 9.17) is 30.0 Å². The molecule has 6 nitrogen and oxygen atoms in total. The minimum absolute atomic E-state index is 0.456. The number of nitrogens with zero attached hydrogens (tertiary/aromatic N) is 2. The zero-order valence-electron chi connectivity index (χ0n) is 27.8. The van der Waals surface area contributed by atoms with E-state index in [9.17, 15) is 0 Å². The summed E-state index contributed by atoms with van der Waals surface area (Å²) >= 11 is 3.35. The van der Waals surface area contributed by atoms with E-state index in [-0.39, 0.29) is 0 Å². The molecule has 0 heterocycles. The van der Waals surface area contributed by atoms with Crippen molar-refractivity contribution in [1.82, 2.24) is 0 Å². The average molecular weight is 723 g/mol. The van der Waals surface area contributed by atoms with Crippen molar-refractivity contribution in [3.63, 3.8) is 0 Å². The van der Waals surface area contributed by atoms with Crippen LogP contribution in [0.15, 0.2) is 150 Å². The van der Waals surface area contributed by atoms with Gasteiger partial charge in [-0.15, -0.1) is 0 Å². The minimum Gasteiger partial charge on any atom is -0.489 e. The van der Waals surface area contributed by atoms with Crippen molar-refractivity contribution in [2.24, 2.45) is 0 Å². The lowest BCUT2D eigenvalue weighted by Gasteiger charge is -2.09. The second kappa shape index (κ2) is 19.4. The van der Waals surface area contributed by atoms with Crippen molar-refractivity contribution in [2.45, 2.75) is 27.1 Å². The predicted octanol–water partition coefficient (Wildman–Crippen LogP) is 8.69. The maximum atomic E-state index is 8.95. The Morgan fingerprint density at radius 2 is 1.08 bits per heavy atom. The largest absolute Gasteiger partial charge is 0.489 e. The van der Waals surface area contributed by atoms with Gasteiger partial charge in [-0.05, 0) is 107 Å². The zero-order chi connectivity index (χ0) is 35.7. The van der Waals surface area contributed by atoms with Gasteiger partial charge in [-0.1, -0.05) is 107 Å². The number of rotatable bonds is 8. The maximum absolute atomic E-state index is 8.95. The van der Waals surface area contributed by atoms with Gasteiger partial charge in [0.1, 0.15) is 24.7 Å². The molecule has 8 heteroatoms. The van der Waals surface area contributed by atoms with Crippen LogP contribution in [-0.4, -0.2) is 17.2 Å². The number of halogens is 1. The highest BCUT2D eigenvalue weighted by Gasteiger charge is 2.10. The molecule has 6 aromatic rings. The Bertz CT molecular complexity index is 2020. The van der Waals surface area contributed by atoms with Crippen LogP contribution in [0.3, 0.4) is 0 Å². The molecule has 0 saturated carbocycles. The van der Waals surface area contributed by atoms with Gasteiger partial charge < -0.3 is 19.5 Å². The number of hydrogen-bond acceptors (Lipinski definition) is 6. The monoisotopic (exact) mass is 722 g/mol. The SMILES string of the molecule is Cc1cc(C#N)ccc1-c1ccc(COc2ccccc2)cc1.Cc1cc(C#N)ccc1Br.OB(O)c1ccc(OCc2ccccc2)cc1. The summed E-state index contributed by atoms with van der Waals surface area (Å²) in [6.07, 6.45) is 0. The lowest BCUT2D eigenvalue weighted by atomic mass is 9.80. The summed E-state index contributed by atoms with van der Waals surface area (Å²) in [5.74, 6) is 1.58. The summed E-state index contributed by atoms with van der Waals surface area (Å²) in [4.78, 5) is 0. The van der Waals surface area contributed by atoms with Crippen LogP contribution < -0.4 is 14.9 Å². The van der Waals surface area contributed by atoms with Gasteiger partial charge in [0.15, 0.2) is 0 Å². The smallest absolute Gasteiger partial charge is 0.488 e. The molecule has 248 valence electrons. The molecule has 0 aliphatic rings. The van der Waals surface area contributed by atoms with Gasteiger partial charge in [0.25, 0.3) is 0 Å². The van der Waals surface area contributed by atoms with E-state index in [1.807, 2.05) is 105 Å². The van der Waals surface area contributed by atoms with Gasteiger partial charge in [-0.25, -0.2) is 0 Å². The molecule has 50 heavy (non-hydrogen) atoms. The van der Waals surface area contributed by atoms with Crippen molar-refractivity contribution >= 4 is 28.5 Å². The molecule has 0 aliphatic carbocycles. The van der Waals surface area contributed by atoms with Crippen molar-refractivity contribution in [3.8, 4) is 34.8 Å². The van der Waals surface area contributed by atoms with Gasteiger partial charge in [0.05, 0.1) is 23.3 Å². The molecule has 6 aromatic carbocycles. The van der Waals surface area contributed by atoms with Crippen LogP contribution in [0.2, 0.25) is 0 Å². The van der Waals surface area contributed by atoms with Crippen LogP contribution in [0.5, 0.6) is 11.5 Å². The van der Waals surface area contributed by atoms with E-state index in [1.54, 1.807) is 30.3 Å². The Morgan fingerprint density at radius 3 is 1.60 bits per heavy atom. The van der Waals surface area contributed by atoms with Crippen LogP contribution in [0, 0.1) is 36.5 Å². The first kappa shape index (κ1) is 37.2. The first-order valence-corrected chi connectivity index (χ1v) is 16.6. The Morgan fingerprint density at radius 1 is 0.580 bits per heavy atom. The molecule has 6 rings (SSSR count). The second-order valence-electron chi connectivity index (χ2n) is 11.2. The molecule has 0 fully saturated rings. The van der Waals surface area contributed by atoms with E-state index >= 15 is 0 Å². The molecule has 0 aliphatic heterocycles. The zero-order valence-corrected chi connectivity index (χ0v) is 29.4. The van der Waals surface area contributed by atoms with Crippen LogP contribution in [-0.2, 0) is 13.2 Å². The molecule has 0 saturated heterocycles. The van der Waals surface area contributed by atoms with Crippen molar-refractivity contribution in [3.05, 3.63) is 183 Å². The van der Waals surface area contributed by atoms with Gasteiger partial charge in [0, 0.05) is 4.47 Å². The fourth-order valence-electron chi connectivity index (χ4n) is 4.71. The Kier molecular flexibility index (Phi) is 14.4. The average Bonchev–Trinajstić information content (AvgIpc) is 3.16. The van der Waals surface area contributed by atoms with E-state index in [2.05, 4.69) is 52.3 Å². The first-order valence-electron chi connectivity index (χ1n) is 15.8. The summed E-state index contributed by atoms with van der Waals surface area (Å²) in [5.41, 5.74) is 8.59. The van der Waals surface area contributed by atoms with Crippen LogP contribution in [0.25, 0.3) is 11.1 Å². The number of benzene rings is 6. The molecule has 0 radical (unpaired) electrons. The normalized spacial score (nSPS) is 9.82. The minimum atomic E-state index is -1.43. The standard InChI is InChI=1S/C21H17NO.C13H13BO3.C8H6BrN/c1-16-13-18(14-22)9-12-21(16)19-10-7-17(8-11-19)15-23-20-5-3-2-4-6-20;15-14(16)12-6-8-13(9-7-12)17-10-11-4-2-1-3-5-11;1-6-4-7(5-10)2-3-8(6)9/h2-13H,15H2,1H3;1-9,15-16H,10H2;2-4H,1H3. The van der Waals surface area contributed by atoms with Gasteiger partial charge in [-0.2, -0.15) is 10.5 Å². The molecular formula is C42H36BBrN2O4. The van der Waals surface area contributed by atoms with E-state index < -0.39 is 7.12 Å². The van der Waals surface area contributed by atoms with Gasteiger partial charge in [-0.3, -0.25) is 0 Å². The van der Waals surface area contributed by atoms with E-state index in [0.717, 1.165) is 43.6 Å². The third-order valence-corrected chi connectivity index (χ3v) is 8.37. The maximum Gasteiger partial charge on any atom is 0.488 e. The number of nitriles is 2. The van der Waals surface area contributed by atoms with E-state index in [1.165, 1.54) is 0 Å². The third kappa shape index (κ3) is 11.8. The van der Waals surface area contributed by atoms with E-state index in [0.29, 0.717) is 35.6 Å². The van der Waals surface area contributed by atoms with Crippen LogP contribution >= 0.6 is 15.9 Å². The quantitative estimate of drug-likeness (QED) is 0.152. The highest BCUT2D eigenvalue weighted by molar-refractivity contribution is 9.10. The highest BCUT2D eigenvalue weighted by Crippen LogP contribution is 2.25. The summed E-state index contributed by atoms with van der Waals surface area (Å²) in [7, 11) is -1.43. The molecule has 2 N–H and O–H groups in total. The summed E-state index contributed by atoms with van der Waals surface area (Å²) in [6, 6.07) is 50.3. The Hall–Kier alpha value is -5.64. The second-order valence-corrected chi connectivity index (χ2v) is 12.1. The topological polar surface area (TPSA) is 106 Å². The number of aryl methyl sites for hydroxylation is 2. The lowest BCUT2D eigenvalue weighted by molar-refractivity contribution is 0.306.